The summed E-state index contributed by atoms with van der Waals surface area (Å²) in [4.78, 5) is 15.0. The van der Waals surface area contributed by atoms with Gasteiger partial charge in [0, 0.05) is 6.20 Å². The van der Waals surface area contributed by atoms with Crippen molar-refractivity contribution >= 4 is 5.97 Å². The number of hydrogen-bond acceptors (Lipinski definition) is 4. The molecule has 0 saturated heterocycles. The van der Waals surface area contributed by atoms with E-state index in [0.717, 1.165) is 5.69 Å². The molecule has 0 atom stereocenters. The third-order valence-corrected chi connectivity index (χ3v) is 2.51. The maximum atomic E-state index is 10.9. The molecule has 98 valence electrons. The van der Waals surface area contributed by atoms with E-state index in [1.165, 1.54) is 19.2 Å². The highest BCUT2D eigenvalue weighted by Gasteiger charge is 2.10. The van der Waals surface area contributed by atoms with Gasteiger partial charge in [0.25, 0.3) is 0 Å². The van der Waals surface area contributed by atoms with Gasteiger partial charge in [0.2, 0.25) is 0 Å². The lowest BCUT2D eigenvalue weighted by Crippen LogP contribution is -2.02. The van der Waals surface area contributed by atoms with Gasteiger partial charge < -0.3 is 14.6 Å². The van der Waals surface area contributed by atoms with Crippen LogP contribution < -0.4 is 9.47 Å². The Morgan fingerprint density at radius 2 is 2.11 bits per heavy atom. The molecule has 0 radical (unpaired) electrons. The summed E-state index contributed by atoms with van der Waals surface area (Å²) in [6, 6.07) is 9.97. The topological polar surface area (TPSA) is 68.7 Å². The SMILES string of the molecule is COc1ccc(C(=O)O)cc1OCc1ccccn1. The van der Waals surface area contributed by atoms with Crippen LogP contribution >= 0.6 is 0 Å². The summed E-state index contributed by atoms with van der Waals surface area (Å²) < 4.78 is 10.7. The van der Waals surface area contributed by atoms with Gasteiger partial charge >= 0.3 is 5.97 Å². The highest BCUT2D eigenvalue weighted by Crippen LogP contribution is 2.28. The molecule has 0 saturated carbocycles. The minimum Gasteiger partial charge on any atom is -0.493 e. The smallest absolute Gasteiger partial charge is 0.335 e. The Kier molecular flexibility index (Phi) is 3.97. The molecule has 0 aliphatic carbocycles. The van der Waals surface area contributed by atoms with E-state index >= 15 is 0 Å². The van der Waals surface area contributed by atoms with Crippen LogP contribution in [0.5, 0.6) is 11.5 Å². The fourth-order valence-corrected chi connectivity index (χ4v) is 1.56. The van der Waals surface area contributed by atoms with E-state index in [1.807, 2.05) is 18.2 Å². The molecule has 0 spiro atoms. The Balaban J connectivity index is 2.18. The van der Waals surface area contributed by atoms with Gasteiger partial charge in [0.15, 0.2) is 11.5 Å². The number of methoxy groups -OCH3 is 1. The molecule has 5 nitrogen and oxygen atoms in total. The molecule has 2 aromatic rings. The lowest BCUT2D eigenvalue weighted by atomic mass is 10.2. The molecule has 19 heavy (non-hydrogen) atoms. The Hall–Kier alpha value is -2.56. The number of benzene rings is 1. The number of pyridine rings is 1. The van der Waals surface area contributed by atoms with E-state index in [0.29, 0.717) is 11.5 Å². The van der Waals surface area contributed by atoms with E-state index in [1.54, 1.807) is 12.3 Å². The summed E-state index contributed by atoms with van der Waals surface area (Å²) in [5.41, 5.74) is 0.905. The summed E-state index contributed by atoms with van der Waals surface area (Å²) in [5, 5.41) is 8.95. The second-order valence-electron chi connectivity index (χ2n) is 3.78. The first-order valence-electron chi connectivity index (χ1n) is 5.64. The van der Waals surface area contributed by atoms with Crippen molar-refractivity contribution in [3.63, 3.8) is 0 Å². The third kappa shape index (κ3) is 3.22. The number of aromatic carboxylic acids is 1. The van der Waals surface area contributed by atoms with Crippen molar-refractivity contribution in [1.82, 2.24) is 4.98 Å². The highest BCUT2D eigenvalue weighted by molar-refractivity contribution is 5.88. The maximum absolute atomic E-state index is 10.9. The molecule has 0 unspecified atom stereocenters. The largest absolute Gasteiger partial charge is 0.493 e. The predicted molar refractivity (Wildman–Crippen MR) is 68.5 cm³/mol. The lowest BCUT2D eigenvalue weighted by Gasteiger charge is -2.11. The molecule has 0 aliphatic rings. The summed E-state index contributed by atoms with van der Waals surface area (Å²) in [6.07, 6.45) is 1.67. The minimum absolute atomic E-state index is 0.150. The van der Waals surface area contributed by atoms with Gasteiger partial charge in [-0.15, -0.1) is 0 Å². The zero-order valence-electron chi connectivity index (χ0n) is 10.4. The normalized spacial score (nSPS) is 9.95. The Labute approximate surface area is 110 Å². The van der Waals surface area contributed by atoms with Crippen LogP contribution in [0.3, 0.4) is 0 Å². The van der Waals surface area contributed by atoms with Gasteiger partial charge in [-0.05, 0) is 30.3 Å². The van der Waals surface area contributed by atoms with Crippen LogP contribution in [0.25, 0.3) is 0 Å². The summed E-state index contributed by atoms with van der Waals surface area (Å²) >= 11 is 0. The Bertz CT molecular complexity index is 569. The number of carboxylic acids is 1. The molecule has 0 aliphatic heterocycles. The predicted octanol–water partition coefficient (Wildman–Crippen LogP) is 2.37. The number of carbonyl (C=O) groups is 1. The molecular weight excluding hydrogens is 246 g/mol. The van der Waals surface area contributed by atoms with Crippen LogP contribution in [-0.4, -0.2) is 23.2 Å². The van der Waals surface area contributed by atoms with Crippen LogP contribution in [0, 0.1) is 0 Å². The summed E-state index contributed by atoms with van der Waals surface area (Å²) in [5.74, 6) is -0.140. The van der Waals surface area contributed by atoms with Crippen molar-refractivity contribution < 1.29 is 19.4 Å². The first-order chi connectivity index (χ1) is 9.20. The van der Waals surface area contributed by atoms with Gasteiger partial charge in [-0.2, -0.15) is 0 Å². The van der Waals surface area contributed by atoms with Gasteiger partial charge in [0.1, 0.15) is 6.61 Å². The van der Waals surface area contributed by atoms with Gasteiger partial charge in [-0.25, -0.2) is 4.79 Å². The molecule has 5 heteroatoms. The fourth-order valence-electron chi connectivity index (χ4n) is 1.56. The van der Waals surface area contributed by atoms with Gasteiger partial charge in [0.05, 0.1) is 18.4 Å². The number of ether oxygens (including phenoxy) is 2. The van der Waals surface area contributed by atoms with E-state index in [2.05, 4.69) is 4.98 Å². The molecule has 0 fully saturated rings. The van der Waals surface area contributed by atoms with Crippen LogP contribution in [0.15, 0.2) is 42.6 Å². The molecule has 1 aromatic carbocycles. The average molecular weight is 259 g/mol. The highest BCUT2D eigenvalue weighted by atomic mass is 16.5. The van der Waals surface area contributed by atoms with Crippen molar-refractivity contribution in [3.8, 4) is 11.5 Å². The van der Waals surface area contributed by atoms with Crippen LogP contribution in [0.1, 0.15) is 16.1 Å². The first kappa shape index (κ1) is 12.9. The van der Waals surface area contributed by atoms with E-state index < -0.39 is 5.97 Å². The number of nitrogens with zero attached hydrogens (tertiary/aromatic N) is 1. The van der Waals surface area contributed by atoms with Crippen molar-refractivity contribution in [1.29, 1.82) is 0 Å². The zero-order chi connectivity index (χ0) is 13.7. The van der Waals surface area contributed by atoms with Gasteiger partial charge in [-0.1, -0.05) is 6.07 Å². The van der Waals surface area contributed by atoms with Crippen molar-refractivity contribution in [2.75, 3.05) is 7.11 Å². The quantitative estimate of drug-likeness (QED) is 0.892. The standard InChI is InChI=1S/C14H13NO4/c1-18-12-6-5-10(14(16)17)8-13(12)19-9-11-4-2-3-7-15-11/h2-8H,9H2,1H3,(H,16,17). The van der Waals surface area contributed by atoms with Crippen LogP contribution in [0.2, 0.25) is 0 Å². The third-order valence-electron chi connectivity index (χ3n) is 2.51. The minimum atomic E-state index is -1.01. The van der Waals surface area contributed by atoms with Crippen molar-refractivity contribution in [3.05, 3.63) is 53.9 Å². The molecule has 0 amide bonds. The van der Waals surface area contributed by atoms with Crippen molar-refractivity contribution in [2.24, 2.45) is 0 Å². The summed E-state index contributed by atoms with van der Waals surface area (Å²) in [6.45, 7) is 0.250. The average Bonchev–Trinajstić information content (AvgIpc) is 2.45. The maximum Gasteiger partial charge on any atom is 0.335 e. The zero-order valence-corrected chi connectivity index (χ0v) is 10.4. The Morgan fingerprint density at radius 3 is 2.74 bits per heavy atom. The summed E-state index contributed by atoms with van der Waals surface area (Å²) in [7, 11) is 1.50. The van der Waals surface area contributed by atoms with E-state index in [-0.39, 0.29) is 12.2 Å². The Morgan fingerprint density at radius 1 is 1.26 bits per heavy atom. The number of aromatic nitrogens is 1. The number of carboxylic acid groups (broad SMARTS) is 1. The molecule has 1 aromatic heterocycles. The molecule has 2 rings (SSSR count). The molecule has 1 heterocycles. The second kappa shape index (κ2) is 5.86. The lowest BCUT2D eigenvalue weighted by molar-refractivity contribution is 0.0696. The van der Waals surface area contributed by atoms with Crippen molar-refractivity contribution in [2.45, 2.75) is 6.61 Å². The fraction of sp³-hybridized carbons (Fsp3) is 0.143. The molecular formula is C14H13NO4. The molecule has 0 bridgehead atoms. The second-order valence-corrected chi connectivity index (χ2v) is 3.78. The monoisotopic (exact) mass is 259 g/mol. The number of hydrogen-bond donors (Lipinski definition) is 1. The van der Waals surface area contributed by atoms with Crippen LogP contribution in [0.4, 0.5) is 0 Å². The van der Waals surface area contributed by atoms with Gasteiger partial charge in [-0.3, -0.25) is 4.98 Å². The molecule has 1 N–H and O–H groups in total. The van der Waals surface area contributed by atoms with E-state index in [4.69, 9.17) is 14.6 Å². The van der Waals surface area contributed by atoms with Crippen LogP contribution in [-0.2, 0) is 6.61 Å². The first-order valence-corrected chi connectivity index (χ1v) is 5.64. The number of rotatable bonds is 5. The van der Waals surface area contributed by atoms with E-state index in [9.17, 15) is 4.79 Å².